The summed E-state index contributed by atoms with van der Waals surface area (Å²) in [7, 11) is 0. The minimum Gasteiger partial charge on any atom is -0.481 e. The number of aliphatic carboxylic acids is 1. The highest BCUT2D eigenvalue weighted by Gasteiger charge is 2.40. The van der Waals surface area contributed by atoms with Gasteiger partial charge in [-0.3, -0.25) is 9.59 Å². The Morgan fingerprint density at radius 1 is 1.23 bits per heavy atom. The summed E-state index contributed by atoms with van der Waals surface area (Å²) < 4.78 is 5.24. The van der Waals surface area contributed by atoms with E-state index in [0.29, 0.717) is 26.1 Å². The van der Waals surface area contributed by atoms with Gasteiger partial charge in [-0.2, -0.15) is 0 Å². The third kappa shape index (κ3) is 4.68. The Bertz CT molecular complexity index is 754. The van der Waals surface area contributed by atoms with Crippen molar-refractivity contribution in [1.82, 2.24) is 10.3 Å². The van der Waals surface area contributed by atoms with E-state index in [9.17, 15) is 14.7 Å². The van der Waals surface area contributed by atoms with Crippen molar-refractivity contribution in [2.45, 2.75) is 25.7 Å². The predicted octanol–water partition coefficient (Wildman–Crippen LogP) is 2.27. The van der Waals surface area contributed by atoms with Crippen LogP contribution in [-0.2, 0) is 27.2 Å². The molecule has 1 saturated heterocycles. The van der Waals surface area contributed by atoms with E-state index in [0.717, 1.165) is 17.1 Å². The number of amides is 1. The Balaban J connectivity index is 1.53. The van der Waals surface area contributed by atoms with Gasteiger partial charge >= 0.3 is 5.97 Å². The maximum Gasteiger partial charge on any atom is 0.311 e. The van der Waals surface area contributed by atoms with E-state index >= 15 is 0 Å². The quantitative estimate of drug-likeness (QED) is 0.776. The normalized spacial score (nSPS) is 16.2. The Hall–Kier alpha value is -2.25. The molecule has 1 aliphatic heterocycles. The van der Waals surface area contributed by atoms with E-state index in [-0.39, 0.29) is 18.9 Å². The summed E-state index contributed by atoms with van der Waals surface area (Å²) in [4.78, 5) is 28.3. The van der Waals surface area contributed by atoms with Crippen molar-refractivity contribution in [2.75, 3.05) is 19.8 Å². The number of carbonyl (C=O) groups excluding carboxylic acids is 1. The van der Waals surface area contributed by atoms with Gasteiger partial charge in [-0.1, -0.05) is 30.3 Å². The second-order valence-corrected chi connectivity index (χ2v) is 7.49. The highest BCUT2D eigenvalue weighted by atomic mass is 32.1. The molecule has 0 bridgehead atoms. The van der Waals surface area contributed by atoms with Crippen molar-refractivity contribution >= 4 is 23.2 Å². The molecule has 0 radical (unpaired) electrons. The molecule has 26 heavy (non-hydrogen) atoms. The molecule has 1 aromatic heterocycles. The average Bonchev–Trinajstić information content (AvgIpc) is 3.08. The molecule has 1 fully saturated rings. The van der Waals surface area contributed by atoms with Crippen LogP contribution in [0, 0.1) is 5.41 Å². The maximum absolute atomic E-state index is 12.2. The maximum atomic E-state index is 12.2. The largest absolute Gasteiger partial charge is 0.481 e. The van der Waals surface area contributed by atoms with Crippen LogP contribution in [-0.4, -0.2) is 41.7 Å². The van der Waals surface area contributed by atoms with Crippen molar-refractivity contribution in [1.29, 1.82) is 0 Å². The first-order valence-corrected chi connectivity index (χ1v) is 9.50. The van der Waals surface area contributed by atoms with Crippen LogP contribution < -0.4 is 5.32 Å². The number of aromatic nitrogens is 1. The first-order chi connectivity index (χ1) is 12.6. The number of carboxylic acid groups (broad SMARTS) is 1. The average molecular weight is 374 g/mol. The van der Waals surface area contributed by atoms with Crippen LogP contribution in [0.3, 0.4) is 0 Å². The molecule has 1 aromatic carbocycles. The predicted molar refractivity (Wildman–Crippen MR) is 98.2 cm³/mol. The Morgan fingerprint density at radius 3 is 2.65 bits per heavy atom. The Kier molecular flexibility index (Phi) is 6.00. The lowest BCUT2D eigenvalue weighted by Gasteiger charge is -2.33. The molecule has 0 atom stereocenters. The van der Waals surface area contributed by atoms with Crippen LogP contribution in [0.15, 0.2) is 35.7 Å². The van der Waals surface area contributed by atoms with Crippen molar-refractivity contribution in [3.8, 4) is 0 Å². The molecule has 1 aliphatic rings. The van der Waals surface area contributed by atoms with Gasteiger partial charge in [-0.15, -0.1) is 11.3 Å². The minimum atomic E-state index is -0.922. The number of carbonyl (C=O) groups is 2. The number of thiazole rings is 1. The lowest BCUT2D eigenvalue weighted by atomic mass is 9.80. The monoisotopic (exact) mass is 374 g/mol. The van der Waals surface area contributed by atoms with Crippen molar-refractivity contribution in [3.63, 3.8) is 0 Å². The molecule has 7 heteroatoms. The second kappa shape index (κ2) is 8.42. The van der Waals surface area contributed by atoms with Gasteiger partial charge in [0.05, 0.1) is 22.5 Å². The Labute approximate surface area is 156 Å². The molecule has 0 aliphatic carbocycles. The van der Waals surface area contributed by atoms with E-state index in [2.05, 4.69) is 10.3 Å². The van der Waals surface area contributed by atoms with Crippen molar-refractivity contribution in [2.24, 2.45) is 5.41 Å². The number of benzene rings is 1. The molecule has 3 rings (SSSR count). The lowest BCUT2D eigenvalue weighted by molar-refractivity contribution is -0.154. The van der Waals surface area contributed by atoms with Crippen LogP contribution in [0.5, 0.6) is 0 Å². The van der Waals surface area contributed by atoms with Gasteiger partial charge in [-0.25, -0.2) is 4.98 Å². The fraction of sp³-hybridized carbons (Fsp3) is 0.421. The number of nitrogens with one attached hydrogen (secondary N) is 1. The summed E-state index contributed by atoms with van der Waals surface area (Å²) in [5.41, 5.74) is 0.976. The number of carboxylic acids is 1. The molecular formula is C19H22N2O4S. The van der Waals surface area contributed by atoms with Crippen LogP contribution in [0.25, 0.3) is 0 Å². The summed E-state index contributed by atoms with van der Waals surface area (Å²) in [6.07, 6.45) is 1.74. The molecule has 2 N–H and O–H groups in total. The number of nitrogens with zero attached hydrogens (tertiary/aromatic N) is 1. The minimum absolute atomic E-state index is 0.130. The van der Waals surface area contributed by atoms with Gasteiger partial charge < -0.3 is 15.2 Å². The summed E-state index contributed by atoms with van der Waals surface area (Å²) in [5.74, 6) is -1.08. The van der Waals surface area contributed by atoms with E-state index in [4.69, 9.17) is 4.74 Å². The number of rotatable bonds is 7. The summed E-state index contributed by atoms with van der Waals surface area (Å²) >= 11 is 1.53. The van der Waals surface area contributed by atoms with E-state index in [1.165, 1.54) is 16.9 Å². The molecule has 0 unspecified atom stereocenters. The van der Waals surface area contributed by atoms with E-state index in [1.807, 2.05) is 35.7 Å². The molecule has 2 aromatic rings. The molecule has 0 saturated carbocycles. The fourth-order valence-electron chi connectivity index (χ4n) is 3.00. The molecule has 1 amide bonds. The van der Waals surface area contributed by atoms with Crippen LogP contribution in [0.4, 0.5) is 0 Å². The van der Waals surface area contributed by atoms with Crippen LogP contribution in [0.2, 0.25) is 0 Å². The van der Waals surface area contributed by atoms with Gasteiger partial charge in [0.2, 0.25) is 5.91 Å². The summed E-state index contributed by atoms with van der Waals surface area (Å²) in [6, 6.07) is 10.1. The standard InChI is InChI=1S/C19H22N2O4S/c22-16(20-13-19(18(23)24)6-8-25-9-7-19)11-15-12-26-17(21-15)10-14-4-2-1-3-5-14/h1-5,12H,6-11,13H2,(H,20,22)(H,23,24). The number of hydrogen-bond acceptors (Lipinski definition) is 5. The highest BCUT2D eigenvalue weighted by molar-refractivity contribution is 7.09. The smallest absolute Gasteiger partial charge is 0.311 e. The van der Waals surface area contributed by atoms with Gasteiger partial charge in [0, 0.05) is 31.6 Å². The Morgan fingerprint density at radius 2 is 1.96 bits per heavy atom. The zero-order chi connectivity index (χ0) is 18.4. The van der Waals surface area contributed by atoms with Gasteiger partial charge in [0.15, 0.2) is 0 Å². The summed E-state index contributed by atoms with van der Waals surface area (Å²) in [6.45, 7) is 0.958. The highest BCUT2D eigenvalue weighted by Crippen LogP contribution is 2.30. The van der Waals surface area contributed by atoms with Crippen LogP contribution >= 0.6 is 11.3 Å². The zero-order valence-electron chi connectivity index (χ0n) is 14.4. The van der Waals surface area contributed by atoms with Gasteiger partial charge in [0.25, 0.3) is 0 Å². The third-order valence-electron chi connectivity index (χ3n) is 4.67. The molecular weight excluding hydrogens is 352 g/mol. The molecule has 6 nitrogen and oxygen atoms in total. The lowest BCUT2D eigenvalue weighted by Crippen LogP contribution is -2.46. The van der Waals surface area contributed by atoms with Gasteiger partial charge in [0.1, 0.15) is 0 Å². The zero-order valence-corrected chi connectivity index (χ0v) is 15.3. The van der Waals surface area contributed by atoms with Gasteiger partial charge in [-0.05, 0) is 18.4 Å². The second-order valence-electron chi connectivity index (χ2n) is 6.55. The number of ether oxygens (including phenoxy) is 1. The fourth-order valence-corrected chi connectivity index (χ4v) is 3.83. The van der Waals surface area contributed by atoms with E-state index < -0.39 is 11.4 Å². The van der Waals surface area contributed by atoms with Crippen molar-refractivity contribution < 1.29 is 19.4 Å². The molecule has 0 spiro atoms. The molecule has 138 valence electrons. The van der Waals surface area contributed by atoms with Crippen molar-refractivity contribution in [3.05, 3.63) is 52.0 Å². The first-order valence-electron chi connectivity index (χ1n) is 8.62. The third-order valence-corrected chi connectivity index (χ3v) is 5.56. The topological polar surface area (TPSA) is 88.5 Å². The SMILES string of the molecule is O=C(Cc1csc(Cc2ccccc2)n1)NCC1(C(=O)O)CCOCC1. The first kappa shape index (κ1) is 18.5. The summed E-state index contributed by atoms with van der Waals surface area (Å²) in [5, 5.41) is 15.1. The van der Waals surface area contributed by atoms with Crippen LogP contribution in [0.1, 0.15) is 29.1 Å². The molecule has 2 heterocycles. The number of hydrogen-bond donors (Lipinski definition) is 2. The van der Waals surface area contributed by atoms with E-state index in [1.54, 1.807) is 0 Å².